The lowest BCUT2D eigenvalue weighted by molar-refractivity contribution is 0.241. The van der Waals surface area contributed by atoms with E-state index in [1.54, 1.807) is 12.4 Å². The number of nitrogens with zero attached hydrogens (tertiary/aromatic N) is 3. The van der Waals surface area contributed by atoms with E-state index in [0.29, 0.717) is 5.15 Å². The van der Waals surface area contributed by atoms with Gasteiger partial charge in [-0.1, -0.05) is 24.9 Å². The molecule has 0 fully saturated rings. The SMILES string of the molecule is CCCc1c(Cl)ncnc1-c1cncc(OC(C)C)c1. The van der Waals surface area contributed by atoms with Gasteiger partial charge in [0.1, 0.15) is 17.2 Å². The van der Waals surface area contributed by atoms with Crippen molar-refractivity contribution < 1.29 is 4.74 Å². The summed E-state index contributed by atoms with van der Waals surface area (Å²) in [6.45, 7) is 6.07. The fourth-order valence-corrected chi connectivity index (χ4v) is 2.22. The highest BCUT2D eigenvalue weighted by Gasteiger charge is 2.12. The molecule has 4 nitrogen and oxygen atoms in total. The molecule has 2 aromatic rings. The summed E-state index contributed by atoms with van der Waals surface area (Å²) in [4.78, 5) is 12.6. The Hall–Kier alpha value is -1.68. The van der Waals surface area contributed by atoms with Gasteiger partial charge >= 0.3 is 0 Å². The van der Waals surface area contributed by atoms with Crippen molar-refractivity contribution >= 4 is 11.6 Å². The Kier molecular flexibility index (Phi) is 4.90. The van der Waals surface area contributed by atoms with Crippen LogP contribution in [0.4, 0.5) is 0 Å². The zero-order valence-electron chi connectivity index (χ0n) is 11.9. The van der Waals surface area contributed by atoms with E-state index in [1.165, 1.54) is 6.33 Å². The fraction of sp³-hybridized carbons (Fsp3) is 0.400. The van der Waals surface area contributed by atoms with Gasteiger partial charge in [0.25, 0.3) is 0 Å². The minimum absolute atomic E-state index is 0.108. The molecule has 2 rings (SSSR count). The Morgan fingerprint density at radius 3 is 2.75 bits per heavy atom. The highest BCUT2D eigenvalue weighted by atomic mass is 35.5. The lowest BCUT2D eigenvalue weighted by Crippen LogP contribution is -2.06. The summed E-state index contributed by atoms with van der Waals surface area (Å²) in [6, 6.07) is 1.94. The van der Waals surface area contributed by atoms with Crippen LogP contribution < -0.4 is 4.74 Å². The third-order valence-corrected chi connectivity index (χ3v) is 3.08. The van der Waals surface area contributed by atoms with Crippen molar-refractivity contribution in [3.63, 3.8) is 0 Å². The lowest BCUT2D eigenvalue weighted by Gasteiger charge is -2.12. The molecule has 0 aliphatic heterocycles. The molecule has 106 valence electrons. The monoisotopic (exact) mass is 291 g/mol. The molecule has 2 aromatic heterocycles. The summed E-state index contributed by atoms with van der Waals surface area (Å²) in [6.07, 6.45) is 6.87. The molecule has 0 amide bonds. The number of pyridine rings is 1. The molecule has 0 spiro atoms. The Bertz CT molecular complexity index is 587. The Morgan fingerprint density at radius 1 is 1.25 bits per heavy atom. The first-order valence-electron chi connectivity index (χ1n) is 6.73. The van der Waals surface area contributed by atoms with Gasteiger partial charge in [-0.3, -0.25) is 4.98 Å². The second-order valence-electron chi connectivity index (χ2n) is 4.82. The Labute approximate surface area is 124 Å². The predicted molar refractivity (Wildman–Crippen MR) is 80.0 cm³/mol. The number of ether oxygens (including phenoxy) is 1. The minimum atomic E-state index is 0.108. The van der Waals surface area contributed by atoms with Crippen molar-refractivity contribution in [2.75, 3.05) is 0 Å². The molecule has 0 saturated carbocycles. The average Bonchev–Trinajstić information content (AvgIpc) is 2.41. The molecule has 0 unspecified atom stereocenters. The number of aromatic nitrogens is 3. The maximum Gasteiger partial charge on any atom is 0.138 e. The molecular formula is C15H18ClN3O. The normalized spacial score (nSPS) is 10.8. The molecule has 20 heavy (non-hydrogen) atoms. The van der Waals surface area contributed by atoms with Crippen LogP contribution in [0.1, 0.15) is 32.8 Å². The average molecular weight is 292 g/mol. The summed E-state index contributed by atoms with van der Waals surface area (Å²) in [5.41, 5.74) is 2.68. The Morgan fingerprint density at radius 2 is 2.05 bits per heavy atom. The second-order valence-corrected chi connectivity index (χ2v) is 5.18. The molecule has 0 saturated heterocycles. The third-order valence-electron chi connectivity index (χ3n) is 2.75. The number of halogens is 1. The van der Waals surface area contributed by atoms with E-state index < -0.39 is 0 Å². The molecule has 0 bridgehead atoms. The summed E-state index contributed by atoms with van der Waals surface area (Å²) < 4.78 is 5.67. The van der Waals surface area contributed by atoms with Crippen molar-refractivity contribution in [3.8, 4) is 17.0 Å². The van der Waals surface area contributed by atoms with E-state index in [9.17, 15) is 0 Å². The fourth-order valence-electron chi connectivity index (χ4n) is 2.00. The van der Waals surface area contributed by atoms with Gasteiger partial charge in [0, 0.05) is 17.3 Å². The molecule has 2 heterocycles. The van der Waals surface area contributed by atoms with Gasteiger partial charge in [-0.15, -0.1) is 0 Å². The van der Waals surface area contributed by atoms with Crippen LogP contribution in [0.15, 0.2) is 24.8 Å². The molecule has 0 N–H and O–H groups in total. The van der Waals surface area contributed by atoms with Gasteiger partial charge in [0.05, 0.1) is 18.0 Å². The van der Waals surface area contributed by atoms with Crippen molar-refractivity contribution in [1.29, 1.82) is 0 Å². The van der Waals surface area contributed by atoms with Crippen LogP contribution in [0, 0.1) is 0 Å². The van der Waals surface area contributed by atoms with E-state index in [0.717, 1.165) is 35.4 Å². The predicted octanol–water partition coefficient (Wildman–Crippen LogP) is 3.93. The van der Waals surface area contributed by atoms with Crippen LogP contribution in [0.2, 0.25) is 5.15 Å². The van der Waals surface area contributed by atoms with Gasteiger partial charge in [-0.25, -0.2) is 9.97 Å². The topological polar surface area (TPSA) is 47.9 Å². The quantitative estimate of drug-likeness (QED) is 0.783. The maximum atomic E-state index is 6.18. The molecule has 0 radical (unpaired) electrons. The summed E-state index contributed by atoms with van der Waals surface area (Å²) in [7, 11) is 0. The third kappa shape index (κ3) is 3.45. The van der Waals surface area contributed by atoms with Crippen molar-refractivity contribution in [2.45, 2.75) is 39.7 Å². The van der Waals surface area contributed by atoms with E-state index in [4.69, 9.17) is 16.3 Å². The van der Waals surface area contributed by atoms with Gasteiger partial charge in [0.15, 0.2) is 0 Å². The molecule has 0 aliphatic rings. The number of hydrogen-bond acceptors (Lipinski definition) is 4. The lowest BCUT2D eigenvalue weighted by atomic mass is 10.1. The van der Waals surface area contributed by atoms with E-state index >= 15 is 0 Å². The van der Waals surface area contributed by atoms with Crippen molar-refractivity contribution in [3.05, 3.63) is 35.5 Å². The summed E-state index contributed by atoms with van der Waals surface area (Å²) in [5.74, 6) is 0.731. The van der Waals surface area contributed by atoms with E-state index in [1.807, 2.05) is 19.9 Å². The number of rotatable bonds is 5. The maximum absolute atomic E-state index is 6.18. The van der Waals surface area contributed by atoms with E-state index in [-0.39, 0.29) is 6.10 Å². The van der Waals surface area contributed by atoms with Gasteiger partial charge in [0.2, 0.25) is 0 Å². The standard InChI is InChI=1S/C15H18ClN3O/c1-4-5-13-14(18-9-19-15(13)16)11-6-12(8-17-7-11)20-10(2)3/h6-10H,4-5H2,1-3H3. The first kappa shape index (κ1) is 14.7. The summed E-state index contributed by atoms with van der Waals surface area (Å²) in [5, 5.41) is 0.507. The molecule has 0 aliphatic carbocycles. The molecule has 0 aromatic carbocycles. The van der Waals surface area contributed by atoms with Crippen molar-refractivity contribution in [2.24, 2.45) is 0 Å². The molecule has 0 atom stereocenters. The minimum Gasteiger partial charge on any atom is -0.489 e. The second kappa shape index (κ2) is 6.66. The Balaban J connectivity index is 2.43. The van der Waals surface area contributed by atoms with Gasteiger partial charge in [-0.2, -0.15) is 0 Å². The van der Waals surface area contributed by atoms with Crippen LogP contribution in [0.5, 0.6) is 5.75 Å². The first-order valence-corrected chi connectivity index (χ1v) is 7.11. The van der Waals surface area contributed by atoms with Crippen LogP contribution in [0.25, 0.3) is 11.3 Å². The zero-order valence-corrected chi connectivity index (χ0v) is 12.7. The molecule has 5 heteroatoms. The highest BCUT2D eigenvalue weighted by Crippen LogP contribution is 2.28. The van der Waals surface area contributed by atoms with Crippen LogP contribution in [-0.2, 0) is 6.42 Å². The van der Waals surface area contributed by atoms with Crippen LogP contribution in [0.3, 0.4) is 0 Å². The number of hydrogen-bond donors (Lipinski definition) is 0. The molecular weight excluding hydrogens is 274 g/mol. The van der Waals surface area contributed by atoms with E-state index in [2.05, 4.69) is 21.9 Å². The smallest absolute Gasteiger partial charge is 0.138 e. The van der Waals surface area contributed by atoms with Gasteiger partial charge < -0.3 is 4.74 Å². The van der Waals surface area contributed by atoms with Crippen LogP contribution in [-0.4, -0.2) is 21.1 Å². The van der Waals surface area contributed by atoms with Crippen molar-refractivity contribution in [1.82, 2.24) is 15.0 Å². The largest absolute Gasteiger partial charge is 0.489 e. The first-order chi connectivity index (χ1) is 9.61. The van der Waals surface area contributed by atoms with Gasteiger partial charge in [-0.05, 0) is 26.3 Å². The summed E-state index contributed by atoms with van der Waals surface area (Å²) >= 11 is 6.18. The zero-order chi connectivity index (χ0) is 14.5. The highest BCUT2D eigenvalue weighted by molar-refractivity contribution is 6.30. The van der Waals surface area contributed by atoms with Crippen LogP contribution >= 0.6 is 11.6 Å².